The first-order valence-electron chi connectivity index (χ1n) is 6.82. The molecule has 96 valence electrons. The van der Waals surface area contributed by atoms with Gasteiger partial charge in [-0.15, -0.1) is 0 Å². The first-order chi connectivity index (χ1) is 8.35. The molecule has 0 radical (unpaired) electrons. The lowest BCUT2D eigenvalue weighted by Gasteiger charge is -2.15. The molecule has 1 unspecified atom stereocenters. The number of rotatable bonds is 8. The van der Waals surface area contributed by atoms with Crippen molar-refractivity contribution >= 4 is 11.8 Å². The Kier molecular flexibility index (Phi) is 4.99. The van der Waals surface area contributed by atoms with Gasteiger partial charge in [-0.05, 0) is 42.7 Å². The topological polar surface area (TPSA) is 17.0 Å². The van der Waals surface area contributed by atoms with E-state index in [0.717, 1.165) is 19.0 Å². The zero-order chi connectivity index (χ0) is 12.1. The van der Waals surface area contributed by atoms with E-state index in [-0.39, 0.29) is 0 Å². The zero-order valence-corrected chi connectivity index (χ0v) is 11.8. The Morgan fingerprint density at radius 2 is 2.29 bits per heavy atom. The predicted molar refractivity (Wildman–Crippen MR) is 76.6 cm³/mol. The molecule has 3 heteroatoms. The van der Waals surface area contributed by atoms with E-state index in [9.17, 15) is 0 Å². The number of hydrogen-bond donors (Lipinski definition) is 1. The van der Waals surface area contributed by atoms with E-state index in [1.54, 1.807) is 0 Å². The summed E-state index contributed by atoms with van der Waals surface area (Å²) in [5.74, 6) is 3.33. The Balaban J connectivity index is 1.90. The number of hydrogen-bond acceptors (Lipinski definition) is 2. The van der Waals surface area contributed by atoms with E-state index in [4.69, 9.17) is 0 Å². The van der Waals surface area contributed by atoms with Crippen LogP contribution in [0.5, 0.6) is 0 Å². The predicted octanol–water partition coefficient (Wildman–Crippen LogP) is 3.30. The molecule has 1 heterocycles. The summed E-state index contributed by atoms with van der Waals surface area (Å²) in [4.78, 5) is 0. The number of nitrogens with one attached hydrogen (secondary N) is 1. The summed E-state index contributed by atoms with van der Waals surface area (Å²) >= 11 is 2.01. The smallest absolute Gasteiger partial charge is 0.0363 e. The quantitative estimate of drug-likeness (QED) is 0.715. The highest BCUT2D eigenvalue weighted by atomic mass is 32.2. The van der Waals surface area contributed by atoms with E-state index in [1.165, 1.54) is 29.9 Å². The molecular formula is C14H24N2S. The maximum Gasteiger partial charge on any atom is 0.0363 e. The molecule has 1 aliphatic rings. The first-order valence-corrected chi connectivity index (χ1v) is 7.97. The summed E-state index contributed by atoms with van der Waals surface area (Å²) in [7, 11) is 0. The molecule has 0 spiro atoms. The summed E-state index contributed by atoms with van der Waals surface area (Å²) in [5.41, 5.74) is 1.48. The SMILES string of the molecule is CCNC(c1ccn(CCSCC)c1)C1CC1. The van der Waals surface area contributed by atoms with Gasteiger partial charge in [-0.2, -0.15) is 11.8 Å². The van der Waals surface area contributed by atoms with E-state index >= 15 is 0 Å². The largest absolute Gasteiger partial charge is 0.353 e. The maximum absolute atomic E-state index is 3.62. The fraction of sp³-hybridized carbons (Fsp3) is 0.714. The van der Waals surface area contributed by atoms with Crippen LogP contribution >= 0.6 is 11.8 Å². The Morgan fingerprint density at radius 3 is 2.94 bits per heavy atom. The molecule has 0 bridgehead atoms. The van der Waals surface area contributed by atoms with Crippen LogP contribution in [0.3, 0.4) is 0 Å². The second kappa shape index (κ2) is 6.50. The number of aryl methyl sites for hydroxylation is 1. The van der Waals surface area contributed by atoms with Crippen molar-refractivity contribution < 1.29 is 0 Å². The van der Waals surface area contributed by atoms with Crippen LogP contribution < -0.4 is 5.32 Å². The minimum absolute atomic E-state index is 0.597. The fourth-order valence-corrected chi connectivity index (χ4v) is 2.93. The average molecular weight is 252 g/mol. The fourth-order valence-electron chi connectivity index (χ4n) is 2.30. The Labute approximate surface area is 109 Å². The van der Waals surface area contributed by atoms with Crippen LogP contribution in [0.2, 0.25) is 0 Å². The standard InChI is InChI=1S/C14H24N2S/c1-3-15-14(12-5-6-12)13-7-8-16(11-13)9-10-17-4-2/h7-8,11-12,14-15H,3-6,9-10H2,1-2H3. The molecule has 0 saturated heterocycles. The van der Waals surface area contributed by atoms with Gasteiger partial charge in [0.1, 0.15) is 0 Å². The van der Waals surface area contributed by atoms with Crippen LogP contribution in [0, 0.1) is 5.92 Å². The van der Waals surface area contributed by atoms with Crippen LogP contribution in [0.15, 0.2) is 18.5 Å². The molecule has 0 aromatic carbocycles. The van der Waals surface area contributed by atoms with E-state index in [2.05, 4.69) is 42.2 Å². The molecule has 1 atom stereocenters. The molecule has 0 aliphatic heterocycles. The van der Waals surface area contributed by atoms with Gasteiger partial charge in [0.2, 0.25) is 0 Å². The van der Waals surface area contributed by atoms with Crippen LogP contribution in [0.1, 0.15) is 38.3 Å². The minimum Gasteiger partial charge on any atom is -0.353 e. The molecule has 2 nitrogen and oxygen atoms in total. The first kappa shape index (κ1) is 13.0. The van der Waals surface area contributed by atoms with Crippen molar-refractivity contribution in [3.8, 4) is 0 Å². The minimum atomic E-state index is 0.597. The van der Waals surface area contributed by atoms with Gasteiger partial charge in [0.25, 0.3) is 0 Å². The molecule has 1 aromatic heterocycles. The lowest BCUT2D eigenvalue weighted by Crippen LogP contribution is -2.22. The summed E-state index contributed by atoms with van der Waals surface area (Å²) < 4.78 is 2.34. The normalized spacial score (nSPS) is 17.3. The molecule has 1 aromatic rings. The molecule has 1 saturated carbocycles. The van der Waals surface area contributed by atoms with Gasteiger partial charge in [0, 0.05) is 30.7 Å². The number of aromatic nitrogens is 1. The summed E-state index contributed by atoms with van der Waals surface area (Å²) in [6.45, 7) is 6.63. The number of thioether (sulfide) groups is 1. The molecule has 2 rings (SSSR count). The molecular weight excluding hydrogens is 228 g/mol. The van der Waals surface area contributed by atoms with Crippen LogP contribution in [-0.2, 0) is 6.54 Å². The summed E-state index contributed by atoms with van der Waals surface area (Å²) in [6.07, 6.45) is 7.36. The van der Waals surface area contributed by atoms with E-state index in [1.807, 2.05) is 11.8 Å². The summed E-state index contributed by atoms with van der Waals surface area (Å²) in [6, 6.07) is 2.89. The second-order valence-corrected chi connectivity index (χ2v) is 6.15. The monoisotopic (exact) mass is 252 g/mol. The van der Waals surface area contributed by atoms with Gasteiger partial charge in [-0.1, -0.05) is 13.8 Å². The third-order valence-corrected chi connectivity index (χ3v) is 4.23. The van der Waals surface area contributed by atoms with Crippen LogP contribution in [-0.4, -0.2) is 22.6 Å². The highest BCUT2D eigenvalue weighted by Gasteiger charge is 2.31. The maximum atomic E-state index is 3.62. The van der Waals surface area contributed by atoms with Gasteiger partial charge in [0.05, 0.1) is 0 Å². The third kappa shape index (κ3) is 3.78. The van der Waals surface area contributed by atoms with Crippen molar-refractivity contribution in [3.63, 3.8) is 0 Å². The molecule has 1 N–H and O–H groups in total. The summed E-state index contributed by atoms with van der Waals surface area (Å²) in [5, 5.41) is 3.62. The Morgan fingerprint density at radius 1 is 1.47 bits per heavy atom. The van der Waals surface area contributed by atoms with Crippen LogP contribution in [0.25, 0.3) is 0 Å². The van der Waals surface area contributed by atoms with Crippen molar-refractivity contribution in [3.05, 3.63) is 24.0 Å². The number of nitrogens with zero attached hydrogens (tertiary/aromatic N) is 1. The van der Waals surface area contributed by atoms with Crippen molar-refractivity contribution in [1.29, 1.82) is 0 Å². The highest BCUT2D eigenvalue weighted by molar-refractivity contribution is 7.99. The van der Waals surface area contributed by atoms with Crippen molar-refractivity contribution in [2.45, 2.75) is 39.3 Å². The van der Waals surface area contributed by atoms with Crippen molar-refractivity contribution in [1.82, 2.24) is 9.88 Å². The Bertz CT molecular complexity index is 331. The lowest BCUT2D eigenvalue weighted by atomic mass is 10.1. The van der Waals surface area contributed by atoms with Gasteiger partial charge >= 0.3 is 0 Å². The van der Waals surface area contributed by atoms with Gasteiger partial charge in [-0.25, -0.2) is 0 Å². The molecule has 1 aliphatic carbocycles. The highest BCUT2D eigenvalue weighted by Crippen LogP contribution is 2.40. The third-order valence-electron chi connectivity index (χ3n) is 3.35. The van der Waals surface area contributed by atoms with Crippen molar-refractivity contribution in [2.75, 3.05) is 18.1 Å². The Hall–Kier alpha value is -0.410. The van der Waals surface area contributed by atoms with Gasteiger partial charge in [0.15, 0.2) is 0 Å². The van der Waals surface area contributed by atoms with Crippen molar-refractivity contribution in [2.24, 2.45) is 5.92 Å². The second-order valence-electron chi connectivity index (χ2n) is 4.75. The zero-order valence-electron chi connectivity index (χ0n) is 11.0. The van der Waals surface area contributed by atoms with Crippen LogP contribution in [0.4, 0.5) is 0 Å². The average Bonchev–Trinajstić information content (AvgIpc) is 3.06. The lowest BCUT2D eigenvalue weighted by molar-refractivity contribution is 0.495. The van der Waals surface area contributed by atoms with E-state index in [0.29, 0.717) is 6.04 Å². The van der Waals surface area contributed by atoms with Gasteiger partial charge in [-0.3, -0.25) is 0 Å². The van der Waals surface area contributed by atoms with Gasteiger partial charge < -0.3 is 9.88 Å². The van der Waals surface area contributed by atoms with E-state index < -0.39 is 0 Å². The molecule has 1 fully saturated rings. The molecule has 0 amide bonds. The molecule has 17 heavy (non-hydrogen) atoms.